The van der Waals surface area contributed by atoms with Crippen LogP contribution in [0.2, 0.25) is 0 Å². The van der Waals surface area contributed by atoms with E-state index in [1.165, 1.54) is 34.3 Å². The van der Waals surface area contributed by atoms with Crippen LogP contribution in [0.5, 0.6) is 0 Å². The number of carbonyl (C=O) groups excluding carboxylic acids is 1. The number of anilines is 2. The third-order valence-corrected chi connectivity index (χ3v) is 5.16. The van der Waals surface area contributed by atoms with Crippen molar-refractivity contribution in [2.24, 2.45) is 0 Å². The number of aromatic nitrogens is 4. The zero-order valence-electron chi connectivity index (χ0n) is 16.2. The highest BCUT2D eigenvalue weighted by Crippen LogP contribution is 2.25. The van der Waals surface area contributed by atoms with Crippen molar-refractivity contribution in [2.45, 2.75) is 39.8 Å². The van der Waals surface area contributed by atoms with Crippen molar-refractivity contribution in [3.63, 3.8) is 0 Å². The molecule has 3 heterocycles. The molecule has 0 bridgehead atoms. The Morgan fingerprint density at radius 2 is 2.07 bits per heavy atom. The van der Waals surface area contributed by atoms with Gasteiger partial charge < -0.3 is 4.90 Å². The summed E-state index contributed by atoms with van der Waals surface area (Å²) in [6.45, 7) is 4.78. The van der Waals surface area contributed by atoms with Crippen LogP contribution in [0.15, 0.2) is 18.5 Å². The molecule has 0 radical (unpaired) electrons. The molecule has 0 aliphatic carbocycles. The van der Waals surface area contributed by atoms with Gasteiger partial charge in [-0.3, -0.25) is 10.1 Å². The number of alkyl halides is 3. The molecule has 0 atom stereocenters. The number of thiazole rings is 1. The Morgan fingerprint density at radius 1 is 1.31 bits per heavy atom. The van der Waals surface area contributed by atoms with E-state index in [4.69, 9.17) is 0 Å². The van der Waals surface area contributed by atoms with Crippen LogP contribution in [0.1, 0.15) is 41.2 Å². The number of fused-ring (bicyclic) bond motifs is 1. The topological polar surface area (TPSA) is 75.4 Å². The third kappa shape index (κ3) is 4.84. The van der Waals surface area contributed by atoms with Crippen LogP contribution in [-0.2, 0) is 6.42 Å². The molecule has 0 unspecified atom stereocenters. The quantitative estimate of drug-likeness (QED) is 0.616. The van der Waals surface area contributed by atoms with Gasteiger partial charge in [0.1, 0.15) is 17.9 Å². The van der Waals surface area contributed by atoms with Crippen LogP contribution < -0.4 is 10.2 Å². The molecule has 29 heavy (non-hydrogen) atoms. The summed E-state index contributed by atoms with van der Waals surface area (Å²) in [5, 5.41) is 7.27. The molecule has 1 amide bonds. The molecule has 0 aliphatic rings. The number of halogens is 3. The number of hydrogen-bond acceptors (Lipinski definition) is 6. The average molecular weight is 426 g/mol. The Bertz CT molecular complexity index is 1010. The lowest BCUT2D eigenvalue weighted by Crippen LogP contribution is -2.35. The molecule has 0 saturated heterocycles. The second kappa shape index (κ2) is 8.36. The third-order valence-electron chi connectivity index (χ3n) is 4.23. The van der Waals surface area contributed by atoms with Gasteiger partial charge in [-0.25, -0.2) is 14.5 Å². The summed E-state index contributed by atoms with van der Waals surface area (Å²) in [5.74, 6) is -0.316. The maximum Gasteiger partial charge on any atom is 0.405 e. The fourth-order valence-corrected chi connectivity index (χ4v) is 3.83. The van der Waals surface area contributed by atoms with Gasteiger partial charge in [0.05, 0.1) is 11.9 Å². The lowest BCUT2D eigenvalue weighted by atomic mass is 10.3. The van der Waals surface area contributed by atoms with E-state index in [0.717, 1.165) is 21.9 Å². The van der Waals surface area contributed by atoms with E-state index in [1.54, 1.807) is 6.92 Å². The van der Waals surface area contributed by atoms with Crippen molar-refractivity contribution >= 4 is 33.8 Å². The maximum absolute atomic E-state index is 12.9. The Hall–Kier alpha value is -2.69. The van der Waals surface area contributed by atoms with E-state index in [1.807, 2.05) is 13.8 Å². The fourth-order valence-electron chi connectivity index (χ4n) is 2.93. The number of nitrogens with one attached hydrogen (secondary N) is 1. The smallest absolute Gasteiger partial charge is 0.347 e. The molecule has 0 fully saturated rings. The highest BCUT2D eigenvalue weighted by Gasteiger charge is 2.31. The molecule has 0 aromatic carbocycles. The van der Waals surface area contributed by atoms with Crippen LogP contribution >= 0.6 is 11.3 Å². The molecule has 0 saturated carbocycles. The van der Waals surface area contributed by atoms with Gasteiger partial charge >= 0.3 is 6.18 Å². The van der Waals surface area contributed by atoms with E-state index < -0.39 is 18.6 Å². The van der Waals surface area contributed by atoms with Crippen molar-refractivity contribution in [3.05, 3.63) is 34.6 Å². The predicted molar refractivity (Wildman–Crippen MR) is 106 cm³/mol. The van der Waals surface area contributed by atoms with Crippen molar-refractivity contribution in [2.75, 3.05) is 23.3 Å². The predicted octanol–water partition coefficient (Wildman–Crippen LogP) is 4.09. The zero-order chi connectivity index (χ0) is 21.2. The van der Waals surface area contributed by atoms with Crippen LogP contribution in [0.25, 0.3) is 5.65 Å². The number of nitrogens with zero attached hydrogens (tertiary/aromatic N) is 5. The van der Waals surface area contributed by atoms with Crippen LogP contribution in [-0.4, -0.2) is 44.8 Å². The zero-order valence-corrected chi connectivity index (χ0v) is 17.1. The van der Waals surface area contributed by atoms with Gasteiger partial charge in [-0.05, 0) is 25.8 Å². The first kappa shape index (κ1) is 21.0. The molecule has 3 aromatic rings. The van der Waals surface area contributed by atoms with Crippen LogP contribution in [0, 0.1) is 6.92 Å². The Labute approximate surface area is 169 Å². The first-order chi connectivity index (χ1) is 13.7. The highest BCUT2D eigenvalue weighted by atomic mass is 32.1. The number of amides is 1. The van der Waals surface area contributed by atoms with Crippen molar-refractivity contribution < 1.29 is 18.0 Å². The molecule has 7 nitrogen and oxygen atoms in total. The summed E-state index contributed by atoms with van der Waals surface area (Å²) in [5.41, 5.74) is 1.27. The summed E-state index contributed by atoms with van der Waals surface area (Å²) >= 11 is 1.37. The molecule has 3 rings (SSSR count). The van der Waals surface area contributed by atoms with Crippen molar-refractivity contribution in [3.8, 4) is 0 Å². The molecule has 3 aromatic heterocycles. The second-order valence-electron chi connectivity index (χ2n) is 6.48. The van der Waals surface area contributed by atoms with E-state index in [2.05, 4.69) is 20.4 Å². The van der Waals surface area contributed by atoms with Gasteiger partial charge in [-0.2, -0.15) is 18.3 Å². The van der Waals surface area contributed by atoms with E-state index in [-0.39, 0.29) is 23.6 Å². The first-order valence-electron chi connectivity index (χ1n) is 9.15. The van der Waals surface area contributed by atoms with E-state index in [0.29, 0.717) is 11.6 Å². The van der Waals surface area contributed by atoms with Gasteiger partial charge in [0.25, 0.3) is 5.91 Å². The normalized spacial score (nSPS) is 11.8. The first-order valence-corrected chi connectivity index (χ1v) is 9.97. The van der Waals surface area contributed by atoms with Gasteiger partial charge in [-0.1, -0.05) is 13.8 Å². The molecule has 1 N–H and O–H groups in total. The highest BCUT2D eigenvalue weighted by molar-refractivity contribution is 7.15. The molecular weight excluding hydrogens is 405 g/mol. The van der Waals surface area contributed by atoms with Gasteiger partial charge in [-0.15, -0.1) is 11.3 Å². The van der Waals surface area contributed by atoms with Gasteiger partial charge in [0.2, 0.25) is 0 Å². The van der Waals surface area contributed by atoms with Crippen molar-refractivity contribution in [1.82, 2.24) is 19.6 Å². The van der Waals surface area contributed by atoms with E-state index in [9.17, 15) is 18.0 Å². The summed E-state index contributed by atoms with van der Waals surface area (Å²) in [6, 6.07) is 1.46. The van der Waals surface area contributed by atoms with E-state index >= 15 is 0 Å². The standard InChI is InChI=1S/C18H21F3N6OS/c1-4-7-26(10-18(19,20)21)14-6-8-27-15(24-14)12(9-22-27)16(28)25-17-23-13(5-2)11(3)29-17/h6,8-9H,4-5,7,10H2,1-3H3,(H,23,25,28). The summed E-state index contributed by atoms with van der Waals surface area (Å²) < 4.78 is 40.1. The summed E-state index contributed by atoms with van der Waals surface area (Å²) in [4.78, 5) is 23.5. The Kier molecular flexibility index (Phi) is 6.06. The SMILES string of the molecule is CCCN(CC(F)(F)F)c1ccn2ncc(C(=O)Nc3nc(CC)c(C)s3)c2n1. The Morgan fingerprint density at radius 3 is 2.69 bits per heavy atom. The second-order valence-corrected chi connectivity index (χ2v) is 7.68. The number of aryl methyl sites for hydroxylation is 2. The molecule has 0 spiro atoms. The maximum atomic E-state index is 12.9. The van der Waals surface area contributed by atoms with Gasteiger partial charge in [0.15, 0.2) is 10.8 Å². The summed E-state index contributed by atoms with van der Waals surface area (Å²) in [6.07, 6.45) is -0.235. The minimum atomic E-state index is -4.36. The average Bonchev–Trinajstić information content (AvgIpc) is 3.22. The number of hydrogen-bond donors (Lipinski definition) is 1. The van der Waals surface area contributed by atoms with Crippen molar-refractivity contribution in [1.29, 1.82) is 0 Å². The lowest BCUT2D eigenvalue weighted by Gasteiger charge is -2.24. The molecular formula is C18H21F3N6OS. The number of rotatable bonds is 7. The summed E-state index contributed by atoms with van der Waals surface area (Å²) in [7, 11) is 0. The minimum Gasteiger partial charge on any atom is -0.347 e. The van der Waals surface area contributed by atoms with Crippen LogP contribution in [0.3, 0.4) is 0 Å². The molecule has 11 heteroatoms. The fraction of sp³-hybridized carbons (Fsp3) is 0.444. The van der Waals surface area contributed by atoms with Gasteiger partial charge in [0, 0.05) is 17.6 Å². The monoisotopic (exact) mass is 426 g/mol. The molecule has 0 aliphatic heterocycles. The number of carbonyl (C=O) groups is 1. The largest absolute Gasteiger partial charge is 0.405 e. The minimum absolute atomic E-state index is 0.143. The van der Waals surface area contributed by atoms with Crippen LogP contribution in [0.4, 0.5) is 24.1 Å². The molecule has 156 valence electrons. The lowest BCUT2D eigenvalue weighted by molar-refractivity contribution is -0.119. The Balaban J connectivity index is 1.90.